The lowest BCUT2D eigenvalue weighted by atomic mass is 9.74. The second-order valence-electron chi connectivity index (χ2n) is 6.75. The highest BCUT2D eigenvalue weighted by Gasteiger charge is 2.38. The Hall–Kier alpha value is -1.91. The minimum Gasteiger partial charge on any atom is -0.444 e. The fourth-order valence-electron chi connectivity index (χ4n) is 2.69. The second kappa shape index (κ2) is 6.07. The standard InChI is InChI=1S/C17H22FNO3/c1-16(2,3)22-15(21)19-9-7-17(12-20,8-10-19)13-5-4-6-14(18)11-13/h4-6,11-12H,7-10H2,1-3H3. The summed E-state index contributed by atoms with van der Waals surface area (Å²) in [5.41, 5.74) is -0.592. The maximum Gasteiger partial charge on any atom is 0.410 e. The predicted octanol–water partition coefficient (Wildman–Crippen LogP) is 3.29. The van der Waals surface area contributed by atoms with Gasteiger partial charge >= 0.3 is 6.09 Å². The van der Waals surface area contributed by atoms with E-state index in [1.54, 1.807) is 17.0 Å². The fourth-order valence-corrected chi connectivity index (χ4v) is 2.69. The third-order valence-corrected chi connectivity index (χ3v) is 3.93. The molecule has 22 heavy (non-hydrogen) atoms. The lowest BCUT2D eigenvalue weighted by molar-refractivity contribution is -0.114. The summed E-state index contributed by atoms with van der Waals surface area (Å²) in [4.78, 5) is 25.3. The lowest BCUT2D eigenvalue weighted by Crippen LogP contribution is -2.47. The quantitative estimate of drug-likeness (QED) is 0.788. The molecular weight excluding hydrogens is 285 g/mol. The van der Waals surface area contributed by atoms with Gasteiger partial charge in [0.25, 0.3) is 0 Å². The zero-order chi connectivity index (χ0) is 16.4. The van der Waals surface area contributed by atoms with Gasteiger partial charge in [0.15, 0.2) is 0 Å². The van der Waals surface area contributed by atoms with Gasteiger partial charge in [-0.15, -0.1) is 0 Å². The Kier molecular flexibility index (Phi) is 4.54. The predicted molar refractivity (Wildman–Crippen MR) is 81.2 cm³/mol. The van der Waals surface area contributed by atoms with E-state index < -0.39 is 11.0 Å². The summed E-state index contributed by atoms with van der Waals surface area (Å²) in [6, 6.07) is 6.13. The summed E-state index contributed by atoms with van der Waals surface area (Å²) in [5, 5.41) is 0. The highest BCUT2D eigenvalue weighted by molar-refractivity contribution is 5.72. The van der Waals surface area contributed by atoms with Crippen molar-refractivity contribution < 1.29 is 18.7 Å². The molecule has 1 fully saturated rings. The number of amides is 1. The van der Waals surface area contributed by atoms with Gasteiger partial charge in [0, 0.05) is 13.1 Å². The number of ether oxygens (including phenoxy) is 1. The smallest absolute Gasteiger partial charge is 0.410 e. The number of benzene rings is 1. The van der Waals surface area contributed by atoms with E-state index in [1.807, 2.05) is 20.8 Å². The Labute approximate surface area is 130 Å². The van der Waals surface area contributed by atoms with Crippen LogP contribution >= 0.6 is 0 Å². The highest BCUT2D eigenvalue weighted by atomic mass is 19.1. The van der Waals surface area contributed by atoms with Gasteiger partial charge in [0.05, 0.1) is 5.41 Å². The maximum absolute atomic E-state index is 13.4. The normalized spacial score (nSPS) is 17.9. The molecule has 1 saturated heterocycles. The summed E-state index contributed by atoms with van der Waals surface area (Å²) in [7, 11) is 0. The maximum atomic E-state index is 13.4. The van der Waals surface area contributed by atoms with Crippen LogP contribution in [0, 0.1) is 5.82 Å². The molecule has 0 atom stereocenters. The summed E-state index contributed by atoms with van der Waals surface area (Å²) in [6.07, 6.45) is 1.46. The molecule has 1 aliphatic rings. The molecule has 1 aliphatic heterocycles. The van der Waals surface area contributed by atoms with Crippen molar-refractivity contribution >= 4 is 12.4 Å². The van der Waals surface area contributed by atoms with E-state index in [2.05, 4.69) is 0 Å². The van der Waals surface area contributed by atoms with E-state index in [0.717, 1.165) is 6.29 Å². The number of hydrogen-bond donors (Lipinski definition) is 0. The van der Waals surface area contributed by atoms with E-state index in [0.29, 0.717) is 31.5 Å². The number of likely N-dealkylation sites (tertiary alicyclic amines) is 1. The zero-order valence-electron chi connectivity index (χ0n) is 13.3. The molecule has 1 amide bonds. The van der Waals surface area contributed by atoms with Crippen LogP contribution in [0.2, 0.25) is 0 Å². The van der Waals surface area contributed by atoms with Crippen LogP contribution in [0.15, 0.2) is 24.3 Å². The number of carbonyl (C=O) groups excluding carboxylic acids is 2. The minimum absolute atomic E-state index is 0.353. The highest BCUT2D eigenvalue weighted by Crippen LogP contribution is 2.34. The number of halogens is 1. The molecule has 1 aromatic rings. The number of hydrogen-bond acceptors (Lipinski definition) is 3. The van der Waals surface area contributed by atoms with Gasteiger partial charge < -0.3 is 14.4 Å². The first-order chi connectivity index (χ1) is 10.3. The monoisotopic (exact) mass is 307 g/mol. The summed E-state index contributed by atoms with van der Waals surface area (Å²) in [5.74, 6) is -0.353. The Morgan fingerprint density at radius 1 is 1.32 bits per heavy atom. The van der Waals surface area contributed by atoms with Gasteiger partial charge in [0.1, 0.15) is 17.7 Å². The average molecular weight is 307 g/mol. The largest absolute Gasteiger partial charge is 0.444 e. The first-order valence-corrected chi connectivity index (χ1v) is 7.46. The third kappa shape index (κ3) is 3.64. The van der Waals surface area contributed by atoms with Crippen molar-refractivity contribution in [1.82, 2.24) is 4.90 Å². The molecule has 120 valence electrons. The number of rotatable bonds is 2. The molecule has 0 radical (unpaired) electrons. The van der Waals surface area contributed by atoms with Crippen molar-refractivity contribution in [3.05, 3.63) is 35.6 Å². The molecule has 0 unspecified atom stereocenters. The Balaban J connectivity index is 2.09. The van der Waals surface area contributed by atoms with Crippen LogP contribution in [0.5, 0.6) is 0 Å². The molecule has 0 aliphatic carbocycles. The topological polar surface area (TPSA) is 46.6 Å². The van der Waals surface area contributed by atoms with Gasteiger partial charge in [-0.25, -0.2) is 9.18 Å². The molecule has 1 aromatic carbocycles. The van der Waals surface area contributed by atoms with Crippen LogP contribution in [-0.2, 0) is 14.9 Å². The van der Waals surface area contributed by atoms with Crippen LogP contribution in [0.3, 0.4) is 0 Å². The van der Waals surface area contributed by atoms with Crippen LogP contribution in [0.4, 0.5) is 9.18 Å². The van der Waals surface area contributed by atoms with Gasteiger partial charge in [-0.3, -0.25) is 0 Å². The second-order valence-corrected chi connectivity index (χ2v) is 6.75. The van der Waals surface area contributed by atoms with Crippen LogP contribution < -0.4 is 0 Å². The lowest BCUT2D eigenvalue weighted by Gasteiger charge is -2.39. The third-order valence-electron chi connectivity index (χ3n) is 3.93. The molecule has 5 heteroatoms. The van der Waals surface area contributed by atoms with Crippen molar-refractivity contribution in [1.29, 1.82) is 0 Å². The van der Waals surface area contributed by atoms with E-state index in [-0.39, 0.29) is 11.9 Å². The molecule has 1 heterocycles. The summed E-state index contributed by atoms with van der Waals surface area (Å²) < 4.78 is 18.8. The van der Waals surface area contributed by atoms with Crippen molar-refractivity contribution in [2.24, 2.45) is 0 Å². The van der Waals surface area contributed by atoms with Gasteiger partial charge in [-0.05, 0) is 51.3 Å². The van der Waals surface area contributed by atoms with Crippen molar-refractivity contribution in [3.63, 3.8) is 0 Å². The first kappa shape index (κ1) is 16.5. The van der Waals surface area contributed by atoms with Crippen LogP contribution in [-0.4, -0.2) is 36.0 Å². The van der Waals surface area contributed by atoms with Gasteiger partial charge in [0.2, 0.25) is 0 Å². The van der Waals surface area contributed by atoms with Crippen molar-refractivity contribution in [2.45, 2.75) is 44.6 Å². The fraction of sp³-hybridized carbons (Fsp3) is 0.529. The van der Waals surface area contributed by atoms with E-state index >= 15 is 0 Å². The SMILES string of the molecule is CC(C)(C)OC(=O)N1CCC(C=O)(c2cccc(F)c2)CC1. The zero-order valence-corrected chi connectivity index (χ0v) is 13.3. The van der Waals surface area contributed by atoms with E-state index in [1.165, 1.54) is 12.1 Å². The molecule has 0 spiro atoms. The average Bonchev–Trinajstić information content (AvgIpc) is 2.45. The van der Waals surface area contributed by atoms with Crippen LogP contribution in [0.1, 0.15) is 39.2 Å². The van der Waals surface area contributed by atoms with Gasteiger partial charge in [-0.1, -0.05) is 12.1 Å². The Bertz CT molecular complexity index is 557. The van der Waals surface area contributed by atoms with E-state index in [9.17, 15) is 14.0 Å². The first-order valence-electron chi connectivity index (χ1n) is 7.46. The number of nitrogens with zero attached hydrogens (tertiary/aromatic N) is 1. The summed E-state index contributed by atoms with van der Waals surface area (Å²) in [6.45, 7) is 6.29. The van der Waals surface area contributed by atoms with E-state index in [4.69, 9.17) is 4.74 Å². The Morgan fingerprint density at radius 3 is 2.45 bits per heavy atom. The van der Waals surface area contributed by atoms with Crippen molar-refractivity contribution in [2.75, 3.05) is 13.1 Å². The molecule has 0 bridgehead atoms. The number of carbonyl (C=O) groups is 2. The number of aldehydes is 1. The molecule has 0 aromatic heterocycles. The Morgan fingerprint density at radius 2 is 1.95 bits per heavy atom. The van der Waals surface area contributed by atoms with Crippen molar-refractivity contribution in [3.8, 4) is 0 Å². The minimum atomic E-state index is -0.722. The number of piperidine rings is 1. The summed E-state index contributed by atoms with van der Waals surface area (Å²) >= 11 is 0. The molecule has 4 nitrogen and oxygen atoms in total. The molecule has 0 saturated carbocycles. The molecule has 0 N–H and O–H groups in total. The molecule has 2 rings (SSSR count). The van der Waals surface area contributed by atoms with Crippen LogP contribution in [0.25, 0.3) is 0 Å². The molecular formula is C17H22FNO3. The van der Waals surface area contributed by atoms with Gasteiger partial charge in [-0.2, -0.15) is 0 Å².